The molecule has 0 aliphatic rings. The Kier molecular flexibility index (Phi) is 4.59. The highest BCUT2D eigenvalue weighted by Crippen LogP contribution is 2.29. The van der Waals surface area contributed by atoms with Gasteiger partial charge in [-0.3, -0.25) is 4.98 Å². The average Bonchev–Trinajstić information content (AvgIpc) is 2.40. The molecule has 18 heavy (non-hydrogen) atoms. The van der Waals surface area contributed by atoms with Crippen LogP contribution in [0.2, 0.25) is 10.0 Å². The van der Waals surface area contributed by atoms with E-state index in [9.17, 15) is 0 Å². The van der Waals surface area contributed by atoms with Crippen molar-refractivity contribution in [3.05, 3.63) is 63.9 Å². The molecule has 94 valence electrons. The van der Waals surface area contributed by atoms with Gasteiger partial charge in [-0.05, 0) is 42.4 Å². The Morgan fingerprint density at radius 2 is 2.06 bits per heavy atom. The van der Waals surface area contributed by atoms with Crippen molar-refractivity contribution in [3.63, 3.8) is 0 Å². The first-order valence-electron chi connectivity index (χ1n) is 5.81. The monoisotopic (exact) mass is 280 g/mol. The molecular weight excluding hydrogens is 267 g/mol. The van der Waals surface area contributed by atoms with E-state index in [0.29, 0.717) is 10.0 Å². The first-order chi connectivity index (χ1) is 8.72. The highest BCUT2D eigenvalue weighted by Gasteiger charge is 2.17. The van der Waals surface area contributed by atoms with Crippen LogP contribution in [-0.4, -0.2) is 11.5 Å². The molecule has 1 aromatic carbocycles. The molecule has 1 heterocycles. The zero-order chi connectivity index (χ0) is 13.0. The van der Waals surface area contributed by atoms with Crippen molar-refractivity contribution in [2.45, 2.75) is 13.0 Å². The molecule has 0 aliphatic heterocycles. The van der Waals surface area contributed by atoms with Crippen LogP contribution in [0.15, 0.2) is 42.6 Å². The molecule has 0 amide bonds. The van der Waals surface area contributed by atoms with Gasteiger partial charge < -0.3 is 5.32 Å². The Morgan fingerprint density at radius 3 is 2.72 bits per heavy atom. The van der Waals surface area contributed by atoms with Crippen LogP contribution in [0.4, 0.5) is 0 Å². The lowest BCUT2D eigenvalue weighted by atomic mass is 10.0. The Balaban J connectivity index is 2.44. The molecule has 1 atom stereocenters. The first kappa shape index (κ1) is 13.3. The largest absolute Gasteiger partial charge is 0.305 e. The number of aromatic nitrogens is 1. The lowest BCUT2D eigenvalue weighted by Gasteiger charge is -2.19. The topological polar surface area (TPSA) is 24.9 Å². The standard InChI is InChI=1S/C14H14Cl2N2/c1-2-17-14(13-5-3-4-8-18-13)11-9-10(15)6-7-12(11)16/h3-9,14,17H,2H2,1H3. The van der Waals surface area contributed by atoms with E-state index in [1.165, 1.54) is 0 Å². The predicted molar refractivity (Wildman–Crippen MR) is 76.2 cm³/mol. The van der Waals surface area contributed by atoms with Crippen molar-refractivity contribution in [3.8, 4) is 0 Å². The third-order valence-electron chi connectivity index (χ3n) is 2.66. The summed E-state index contributed by atoms with van der Waals surface area (Å²) in [4.78, 5) is 4.38. The molecule has 1 N–H and O–H groups in total. The van der Waals surface area contributed by atoms with Gasteiger partial charge >= 0.3 is 0 Å². The van der Waals surface area contributed by atoms with Crippen molar-refractivity contribution in [2.24, 2.45) is 0 Å². The minimum Gasteiger partial charge on any atom is -0.305 e. The Hall–Kier alpha value is -1.09. The number of pyridine rings is 1. The molecule has 2 aromatic rings. The molecular formula is C14H14Cl2N2. The van der Waals surface area contributed by atoms with Crippen LogP contribution in [0.25, 0.3) is 0 Å². The number of benzene rings is 1. The quantitative estimate of drug-likeness (QED) is 0.913. The summed E-state index contributed by atoms with van der Waals surface area (Å²) in [5, 5.41) is 4.74. The van der Waals surface area contributed by atoms with Gasteiger partial charge in [0.15, 0.2) is 0 Å². The van der Waals surface area contributed by atoms with Crippen LogP contribution >= 0.6 is 23.2 Å². The van der Waals surface area contributed by atoms with E-state index >= 15 is 0 Å². The Labute approximate surface area is 117 Å². The summed E-state index contributed by atoms with van der Waals surface area (Å²) >= 11 is 12.3. The summed E-state index contributed by atoms with van der Waals surface area (Å²) in [6.07, 6.45) is 1.78. The number of nitrogens with one attached hydrogen (secondary N) is 1. The van der Waals surface area contributed by atoms with Crippen LogP contribution in [0.1, 0.15) is 24.2 Å². The molecule has 4 heteroatoms. The number of halogens is 2. The van der Waals surface area contributed by atoms with Crippen LogP contribution in [-0.2, 0) is 0 Å². The van der Waals surface area contributed by atoms with Crippen molar-refractivity contribution < 1.29 is 0 Å². The molecule has 0 aliphatic carbocycles. The van der Waals surface area contributed by atoms with Gasteiger partial charge in [0.25, 0.3) is 0 Å². The fourth-order valence-electron chi connectivity index (χ4n) is 1.86. The third-order valence-corrected chi connectivity index (χ3v) is 3.24. The molecule has 0 saturated heterocycles. The molecule has 0 saturated carbocycles. The molecule has 2 rings (SSSR count). The maximum Gasteiger partial charge on any atom is 0.0766 e. The van der Waals surface area contributed by atoms with Gasteiger partial charge in [0.05, 0.1) is 11.7 Å². The fraction of sp³-hybridized carbons (Fsp3) is 0.214. The Bertz CT molecular complexity index is 514. The second kappa shape index (κ2) is 6.19. The van der Waals surface area contributed by atoms with Crippen molar-refractivity contribution in [1.82, 2.24) is 10.3 Å². The van der Waals surface area contributed by atoms with E-state index in [4.69, 9.17) is 23.2 Å². The van der Waals surface area contributed by atoms with Crippen LogP contribution in [0.3, 0.4) is 0 Å². The first-order valence-corrected chi connectivity index (χ1v) is 6.57. The number of rotatable bonds is 4. The summed E-state index contributed by atoms with van der Waals surface area (Å²) in [6.45, 7) is 2.87. The summed E-state index contributed by atoms with van der Waals surface area (Å²) in [5.41, 5.74) is 1.88. The van der Waals surface area contributed by atoms with E-state index in [2.05, 4.69) is 10.3 Å². The van der Waals surface area contributed by atoms with Crippen molar-refractivity contribution in [2.75, 3.05) is 6.54 Å². The highest BCUT2D eigenvalue weighted by atomic mass is 35.5. The summed E-state index contributed by atoms with van der Waals surface area (Å²) < 4.78 is 0. The summed E-state index contributed by atoms with van der Waals surface area (Å²) in [6, 6.07) is 11.3. The average molecular weight is 281 g/mol. The zero-order valence-corrected chi connectivity index (χ0v) is 11.5. The van der Waals surface area contributed by atoms with Gasteiger partial charge in [0.1, 0.15) is 0 Å². The molecule has 1 aromatic heterocycles. The van der Waals surface area contributed by atoms with E-state index in [1.54, 1.807) is 12.3 Å². The van der Waals surface area contributed by atoms with E-state index in [0.717, 1.165) is 17.8 Å². The van der Waals surface area contributed by atoms with E-state index in [1.807, 2.05) is 37.3 Å². The minimum atomic E-state index is -0.0394. The lowest BCUT2D eigenvalue weighted by molar-refractivity contribution is 0.616. The molecule has 2 nitrogen and oxygen atoms in total. The predicted octanol–water partition coefficient (Wildman–Crippen LogP) is 4.09. The second-order valence-corrected chi connectivity index (χ2v) is 4.75. The van der Waals surface area contributed by atoms with Crippen LogP contribution in [0, 0.1) is 0 Å². The van der Waals surface area contributed by atoms with E-state index in [-0.39, 0.29) is 6.04 Å². The molecule has 1 unspecified atom stereocenters. The SMILES string of the molecule is CCNC(c1ccccn1)c1cc(Cl)ccc1Cl. The van der Waals surface area contributed by atoms with Crippen LogP contribution < -0.4 is 5.32 Å². The normalized spacial score (nSPS) is 12.4. The van der Waals surface area contributed by atoms with Gasteiger partial charge in [-0.2, -0.15) is 0 Å². The maximum atomic E-state index is 6.25. The number of hydrogen-bond donors (Lipinski definition) is 1. The molecule has 0 radical (unpaired) electrons. The lowest BCUT2D eigenvalue weighted by Crippen LogP contribution is -2.23. The maximum absolute atomic E-state index is 6.25. The summed E-state index contributed by atoms with van der Waals surface area (Å²) in [7, 11) is 0. The van der Waals surface area contributed by atoms with Gasteiger partial charge in [0.2, 0.25) is 0 Å². The van der Waals surface area contributed by atoms with Crippen molar-refractivity contribution >= 4 is 23.2 Å². The van der Waals surface area contributed by atoms with Gasteiger partial charge in [-0.1, -0.05) is 36.2 Å². The highest BCUT2D eigenvalue weighted by molar-refractivity contribution is 6.33. The second-order valence-electron chi connectivity index (χ2n) is 3.91. The number of hydrogen-bond acceptors (Lipinski definition) is 2. The van der Waals surface area contributed by atoms with Gasteiger partial charge in [0, 0.05) is 16.2 Å². The smallest absolute Gasteiger partial charge is 0.0766 e. The fourth-order valence-corrected chi connectivity index (χ4v) is 2.27. The van der Waals surface area contributed by atoms with Crippen molar-refractivity contribution in [1.29, 1.82) is 0 Å². The zero-order valence-electron chi connectivity index (χ0n) is 10.0. The van der Waals surface area contributed by atoms with Crippen LogP contribution in [0.5, 0.6) is 0 Å². The Morgan fingerprint density at radius 1 is 1.22 bits per heavy atom. The van der Waals surface area contributed by atoms with Gasteiger partial charge in [-0.25, -0.2) is 0 Å². The summed E-state index contributed by atoms with van der Waals surface area (Å²) in [5.74, 6) is 0. The van der Waals surface area contributed by atoms with Gasteiger partial charge in [-0.15, -0.1) is 0 Å². The molecule has 0 bridgehead atoms. The molecule has 0 spiro atoms. The molecule has 0 fully saturated rings. The van der Waals surface area contributed by atoms with E-state index < -0.39 is 0 Å². The number of nitrogens with zero attached hydrogens (tertiary/aromatic N) is 1. The third kappa shape index (κ3) is 3.02. The minimum absolute atomic E-state index is 0.0394.